The first-order valence-corrected chi connectivity index (χ1v) is 15.7. The van der Waals surface area contributed by atoms with Crippen LogP contribution in [0.15, 0.2) is 28.8 Å². The van der Waals surface area contributed by atoms with Crippen molar-refractivity contribution in [2.75, 3.05) is 0 Å². The Morgan fingerprint density at radius 3 is 1.98 bits per heavy atom. The monoisotopic (exact) mass is 614 g/mol. The molecule has 0 saturated heterocycles. The van der Waals surface area contributed by atoms with Gasteiger partial charge in [-0.2, -0.15) is 0 Å². The fourth-order valence-electron chi connectivity index (χ4n) is 6.55. The van der Waals surface area contributed by atoms with Crippen LogP contribution in [0, 0.1) is 0 Å². The Bertz CT molecular complexity index is 1580. The number of H-pyrrole nitrogens is 2. The number of aromatic nitrogens is 6. The van der Waals surface area contributed by atoms with Crippen LogP contribution in [0.5, 0.6) is 0 Å². The van der Waals surface area contributed by atoms with Gasteiger partial charge in [0.1, 0.15) is 17.2 Å². The van der Waals surface area contributed by atoms with E-state index >= 15 is 0 Å². The molecule has 205 valence electrons. The number of allylic oxidation sites excluding steroid dienone is 2. The Labute approximate surface area is 250 Å². The fraction of sp³-hybridized carbons (Fsp3) is 0.467. The van der Waals surface area contributed by atoms with Crippen LogP contribution in [0.25, 0.3) is 32.6 Å². The molecule has 0 atom stereocenters. The van der Waals surface area contributed by atoms with Crippen molar-refractivity contribution >= 4 is 69.0 Å². The predicted molar refractivity (Wildman–Crippen MR) is 170 cm³/mol. The quantitative estimate of drug-likeness (QED) is 0.157. The van der Waals surface area contributed by atoms with Gasteiger partial charge >= 0.3 is 24.8 Å². The van der Waals surface area contributed by atoms with Gasteiger partial charge in [0.05, 0.1) is 40.3 Å². The molecule has 4 heterocycles. The molecule has 2 fully saturated rings. The molecule has 0 amide bonds. The van der Waals surface area contributed by atoms with E-state index in [1.165, 1.54) is 86.9 Å². The summed E-state index contributed by atoms with van der Waals surface area (Å²) in [6.07, 6.45) is 25.5. The van der Waals surface area contributed by atoms with Crippen molar-refractivity contribution in [2.24, 2.45) is 4.30 Å². The number of nitrogens with one attached hydrogen (secondary N) is 2. The molecule has 2 saturated carbocycles. The summed E-state index contributed by atoms with van der Waals surface area (Å²) < 4.78 is 3.84. The molecule has 7 nitrogen and oxygen atoms in total. The SMILES string of the molecule is BrC1=CCc2ncc3[nH]c(C4CCCCC4)nc3c21.C1=Cc2c(ncc3[nH]c(C4CCCCC4)nc23)C1.[B]=NS. The average Bonchev–Trinajstić information content (AvgIpc) is 3.79. The third-order valence-electron chi connectivity index (χ3n) is 8.58. The van der Waals surface area contributed by atoms with E-state index < -0.39 is 0 Å². The van der Waals surface area contributed by atoms with Crippen molar-refractivity contribution in [3.8, 4) is 0 Å². The zero-order chi connectivity index (χ0) is 27.5. The van der Waals surface area contributed by atoms with Crippen molar-refractivity contribution in [3.05, 3.63) is 58.7 Å². The molecule has 4 aromatic rings. The normalized spacial score (nSPS) is 18.5. The second-order valence-corrected chi connectivity index (χ2v) is 12.2. The molecule has 0 bridgehead atoms. The third kappa shape index (κ3) is 5.62. The molecule has 4 aliphatic rings. The van der Waals surface area contributed by atoms with Crippen LogP contribution in [0.3, 0.4) is 0 Å². The van der Waals surface area contributed by atoms with Gasteiger partial charge in [-0.3, -0.25) is 9.97 Å². The third-order valence-corrected chi connectivity index (χ3v) is 9.30. The Kier molecular flexibility index (Phi) is 8.63. The Morgan fingerprint density at radius 1 is 0.800 bits per heavy atom. The summed E-state index contributed by atoms with van der Waals surface area (Å²) >= 11 is 6.82. The molecule has 0 aliphatic heterocycles. The molecule has 0 unspecified atom stereocenters. The summed E-state index contributed by atoms with van der Waals surface area (Å²) in [5.74, 6) is 3.59. The number of hydrogen-bond acceptors (Lipinski definition) is 6. The van der Waals surface area contributed by atoms with E-state index in [0.29, 0.717) is 11.8 Å². The Morgan fingerprint density at radius 2 is 1.35 bits per heavy atom. The zero-order valence-electron chi connectivity index (χ0n) is 22.7. The van der Waals surface area contributed by atoms with Gasteiger partial charge in [-0.05, 0) is 25.7 Å². The van der Waals surface area contributed by atoms with Crippen molar-refractivity contribution in [2.45, 2.75) is 88.9 Å². The van der Waals surface area contributed by atoms with Gasteiger partial charge in [-0.15, -0.1) is 0 Å². The molecule has 4 aromatic heterocycles. The van der Waals surface area contributed by atoms with Crippen molar-refractivity contribution in [1.82, 2.24) is 29.9 Å². The molecule has 1 radical (unpaired) electrons. The topological polar surface area (TPSA) is 95.5 Å². The van der Waals surface area contributed by atoms with Gasteiger partial charge in [0.2, 0.25) is 0 Å². The van der Waals surface area contributed by atoms with Gasteiger partial charge in [-0.25, -0.2) is 9.97 Å². The van der Waals surface area contributed by atoms with E-state index in [4.69, 9.17) is 9.97 Å². The van der Waals surface area contributed by atoms with E-state index in [0.717, 1.165) is 50.9 Å². The van der Waals surface area contributed by atoms with Gasteiger partial charge in [-0.1, -0.05) is 72.7 Å². The number of imidazole rings is 2. The van der Waals surface area contributed by atoms with Crippen LogP contribution >= 0.6 is 28.7 Å². The summed E-state index contributed by atoms with van der Waals surface area (Å²) in [5, 5.41) is 0. The predicted octanol–water partition coefficient (Wildman–Crippen LogP) is 8.06. The van der Waals surface area contributed by atoms with Crippen LogP contribution in [0.1, 0.15) is 110 Å². The van der Waals surface area contributed by atoms with Crippen LogP contribution in [0.2, 0.25) is 0 Å². The summed E-state index contributed by atoms with van der Waals surface area (Å²) in [4.78, 5) is 25.8. The number of pyridine rings is 2. The molecule has 2 N–H and O–H groups in total. The van der Waals surface area contributed by atoms with Gasteiger partial charge in [0.25, 0.3) is 0 Å². The maximum absolute atomic E-state index is 4.89. The van der Waals surface area contributed by atoms with E-state index in [1.54, 1.807) is 0 Å². The maximum atomic E-state index is 4.89. The van der Waals surface area contributed by atoms with Gasteiger partial charge in [0, 0.05) is 40.3 Å². The number of aromatic amines is 2. The molecule has 40 heavy (non-hydrogen) atoms. The zero-order valence-corrected chi connectivity index (χ0v) is 25.1. The minimum absolute atomic E-state index is 0.612. The molecule has 8 rings (SSSR count). The number of halogens is 1. The average molecular weight is 615 g/mol. The Hall–Kier alpha value is -2.59. The molecular formula is C30H34BBrN7S. The van der Waals surface area contributed by atoms with Gasteiger partial charge in [0.15, 0.2) is 0 Å². The molecule has 10 heteroatoms. The second-order valence-electron chi connectivity index (χ2n) is 11.1. The Balaban J connectivity index is 0.000000132. The van der Waals surface area contributed by atoms with E-state index in [9.17, 15) is 0 Å². The number of rotatable bonds is 2. The first kappa shape index (κ1) is 27.6. The number of hydrogen-bond donors (Lipinski definition) is 3. The minimum atomic E-state index is 0.612. The second kappa shape index (κ2) is 12.5. The summed E-state index contributed by atoms with van der Waals surface area (Å²) in [7, 11) is 4.34. The summed E-state index contributed by atoms with van der Waals surface area (Å²) in [6, 6.07) is 0. The van der Waals surface area contributed by atoms with Crippen LogP contribution in [-0.4, -0.2) is 37.5 Å². The van der Waals surface area contributed by atoms with Crippen molar-refractivity contribution in [3.63, 3.8) is 0 Å². The van der Waals surface area contributed by atoms with Crippen LogP contribution < -0.4 is 0 Å². The summed E-state index contributed by atoms with van der Waals surface area (Å²) in [6.45, 7) is 0. The van der Waals surface area contributed by atoms with E-state index in [1.807, 2.05) is 12.4 Å². The summed E-state index contributed by atoms with van der Waals surface area (Å²) in [5.41, 5.74) is 9.11. The standard InChI is InChI=1S/C15H16BrN3.C15H17N3.BHNS/c16-10-6-7-11-13(10)14-12(8-17-11)18-15(19-14)9-4-2-1-3-5-9;1-2-5-10(6-3-1)15-17-13-9-16-12-8-4-7-11(12)14(13)18-15;1-2-3/h6,8-9H,1-5,7H2,(H,18,19);4,7,9-10H,1-3,5-6,8H2,(H,17,18);3H. The van der Waals surface area contributed by atoms with Crippen LogP contribution in [0.4, 0.5) is 0 Å². The first-order chi connectivity index (χ1) is 19.7. The van der Waals surface area contributed by atoms with Crippen molar-refractivity contribution < 1.29 is 0 Å². The van der Waals surface area contributed by atoms with E-state index in [2.05, 4.69) is 78.8 Å². The van der Waals surface area contributed by atoms with Crippen molar-refractivity contribution in [1.29, 1.82) is 0 Å². The van der Waals surface area contributed by atoms with Crippen LogP contribution in [-0.2, 0) is 12.8 Å². The number of fused-ring (bicyclic) bond motifs is 6. The van der Waals surface area contributed by atoms with E-state index in [-0.39, 0.29) is 0 Å². The molecule has 0 aromatic carbocycles. The molecule has 0 spiro atoms. The van der Waals surface area contributed by atoms with Gasteiger partial charge < -0.3 is 9.97 Å². The number of nitrogens with zero attached hydrogens (tertiary/aromatic N) is 5. The number of thiol groups is 1. The molecule has 4 aliphatic carbocycles. The fourth-order valence-corrected chi connectivity index (χ4v) is 7.12. The molecular weight excluding hydrogens is 581 g/mol. The first-order valence-electron chi connectivity index (χ1n) is 14.5.